The third-order valence-electron chi connectivity index (χ3n) is 3.40. The number of aromatic nitrogens is 4. The van der Waals surface area contributed by atoms with Gasteiger partial charge in [-0.05, 0) is 30.3 Å². The van der Waals surface area contributed by atoms with Gasteiger partial charge in [-0.15, -0.1) is 0 Å². The predicted molar refractivity (Wildman–Crippen MR) is 95.1 cm³/mol. The number of aromatic hydroxyl groups is 1. The largest absolute Gasteiger partial charge is 0.493 e. The van der Waals surface area contributed by atoms with E-state index in [0.29, 0.717) is 26.3 Å². The highest BCUT2D eigenvalue weighted by Gasteiger charge is 2.05. The minimum absolute atomic E-state index is 0.170. The van der Waals surface area contributed by atoms with Gasteiger partial charge in [0.25, 0.3) is 0 Å². The molecule has 0 spiro atoms. The standard InChI is InChI=1S/C16H10ClN5O2S/c17-10-1-3-11(4-2-10)19-13-5-6-22-14(20-13)9(8-18-22)7-12-15(23)21-16(24)25-12/h1-8,23H,(H,21,24)/b9-7-,19-13?. The van der Waals surface area contributed by atoms with E-state index in [2.05, 4.69) is 20.1 Å². The van der Waals surface area contributed by atoms with Crippen molar-refractivity contribution in [2.24, 2.45) is 4.99 Å². The van der Waals surface area contributed by atoms with Crippen molar-refractivity contribution in [3.05, 3.63) is 73.0 Å². The summed E-state index contributed by atoms with van der Waals surface area (Å²) < 4.78 is 1.60. The quantitative estimate of drug-likeness (QED) is 0.559. The van der Waals surface area contributed by atoms with Gasteiger partial charge in [-0.3, -0.25) is 9.78 Å². The summed E-state index contributed by atoms with van der Waals surface area (Å²) in [6, 6.07) is 8.85. The Labute approximate surface area is 149 Å². The van der Waals surface area contributed by atoms with Crippen molar-refractivity contribution in [1.82, 2.24) is 19.6 Å². The Bertz CT molecular complexity index is 1240. The summed E-state index contributed by atoms with van der Waals surface area (Å²) >= 11 is 6.79. The maximum Gasteiger partial charge on any atom is 0.307 e. The van der Waals surface area contributed by atoms with Crippen LogP contribution in [-0.4, -0.2) is 24.7 Å². The minimum atomic E-state index is -0.327. The zero-order chi connectivity index (χ0) is 17.4. The monoisotopic (exact) mass is 371 g/mol. The van der Waals surface area contributed by atoms with Crippen LogP contribution >= 0.6 is 22.9 Å². The highest BCUT2D eigenvalue weighted by molar-refractivity contribution is 7.10. The van der Waals surface area contributed by atoms with Crippen LogP contribution in [-0.2, 0) is 0 Å². The average molecular weight is 372 g/mol. The number of hydrogen-bond donors (Lipinski definition) is 2. The Kier molecular flexibility index (Phi) is 3.83. The van der Waals surface area contributed by atoms with Crippen LogP contribution in [0.3, 0.4) is 0 Å². The summed E-state index contributed by atoms with van der Waals surface area (Å²) in [6.07, 6.45) is 5.01. The van der Waals surface area contributed by atoms with Crippen LogP contribution in [0.4, 0.5) is 5.69 Å². The Morgan fingerprint density at radius 3 is 2.80 bits per heavy atom. The lowest BCUT2D eigenvalue weighted by molar-refractivity contribution is 0.455. The normalized spacial score (nSPS) is 13.0. The van der Waals surface area contributed by atoms with Gasteiger partial charge in [0.1, 0.15) is 0 Å². The molecule has 0 amide bonds. The first-order valence-corrected chi connectivity index (χ1v) is 8.36. The Hall–Kier alpha value is -2.97. The minimum Gasteiger partial charge on any atom is -0.493 e. The molecule has 4 rings (SSSR count). The van der Waals surface area contributed by atoms with E-state index in [1.165, 1.54) is 0 Å². The van der Waals surface area contributed by atoms with E-state index in [-0.39, 0.29) is 10.8 Å². The lowest BCUT2D eigenvalue weighted by Crippen LogP contribution is -2.12. The molecule has 25 heavy (non-hydrogen) atoms. The number of nitrogens with one attached hydrogen (secondary N) is 1. The maximum atomic E-state index is 11.3. The van der Waals surface area contributed by atoms with Crippen molar-refractivity contribution >= 4 is 40.3 Å². The number of halogens is 1. The topological polar surface area (TPSA) is 95.6 Å². The van der Waals surface area contributed by atoms with Crippen LogP contribution in [0.25, 0.3) is 11.7 Å². The molecule has 9 heteroatoms. The van der Waals surface area contributed by atoms with Crippen molar-refractivity contribution in [2.75, 3.05) is 0 Å². The first-order chi connectivity index (χ1) is 12.1. The molecular formula is C16H10ClN5O2S. The molecule has 0 saturated heterocycles. The Balaban J connectivity index is 1.87. The zero-order valence-electron chi connectivity index (χ0n) is 12.5. The van der Waals surface area contributed by atoms with E-state index in [0.717, 1.165) is 17.0 Å². The molecule has 0 fully saturated rings. The van der Waals surface area contributed by atoms with E-state index in [1.807, 2.05) is 0 Å². The second-order valence-electron chi connectivity index (χ2n) is 5.11. The fraction of sp³-hybridized carbons (Fsp3) is 0. The van der Waals surface area contributed by atoms with Crippen molar-refractivity contribution in [3.8, 4) is 5.88 Å². The molecular weight excluding hydrogens is 362 g/mol. The molecule has 7 nitrogen and oxygen atoms in total. The summed E-state index contributed by atoms with van der Waals surface area (Å²) in [5, 5.41) is 15.2. The molecule has 3 aromatic heterocycles. The van der Waals surface area contributed by atoms with Gasteiger partial charge in [0.05, 0.1) is 16.8 Å². The van der Waals surface area contributed by atoms with Crippen molar-refractivity contribution in [3.63, 3.8) is 0 Å². The smallest absolute Gasteiger partial charge is 0.307 e. The van der Waals surface area contributed by atoms with Crippen LogP contribution in [0.2, 0.25) is 5.02 Å². The second kappa shape index (κ2) is 6.15. The molecule has 0 radical (unpaired) electrons. The van der Waals surface area contributed by atoms with E-state index < -0.39 is 0 Å². The number of rotatable bonds is 2. The SMILES string of the molecule is O=c1[nH]c(O)c(/C=c2/cnn3ccc(=Nc4ccc(Cl)cc4)nc23)s1. The van der Waals surface area contributed by atoms with E-state index >= 15 is 0 Å². The molecule has 0 bridgehead atoms. The summed E-state index contributed by atoms with van der Waals surface area (Å²) in [7, 11) is 0. The van der Waals surface area contributed by atoms with Crippen LogP contribution in [0.5, 0.6) is 5.88 Å². The van der Waals surface area contributed by atoms with Crippen molar-refractivity contribution < 1.29 is 5.11 Å². The molecule has 2 N–H and O–H groups in total. The number of thiazole rings is 1. The van der Waals surface area contributed by atoms with Gasteiger partial charge < -0.3 is 5.11 Å². The fourth-order valence-corrected chi connectivity index (χ4v) is 3.07. The molecule has 4 aromatic rings. The van der Waals surface area contributed by atoms with E-state index in [1.54, 1.807) is 53.3 Å². The highest BCUT2D eigenvalue weighted by Crippen LogP contribution is 2.16. The molecule has 0 atom stereocenters. The first-order valence-electron chi connectivity index (χ1n) is 7.17. The number of hydrogen-bond acceptors (Lipinski definition) is 6. The lowest BCUT2D eigenvalue weighted by Gasteiger charge is -1.95. The Morgan fingerprint density at radius 1 is 1.28 bits per heavy atom. The van der Waals surface area contributed by atoms with Crippen LogP contribution in [0, 0.1) is 0 Å². The summed E-state index contributed by atoms with van der Waals surface area (Å²) in [6.45, 7) is 0. The molecule has 0 unspecified atom stereocenters. The predicted octanol–water partition coefficient (Wildman–Crippen LogP) is 1.62. The van der Waals surface area contributed by atoms with Crippen molar-refractivity contribution in [1.29, 1.82) is 0 Å². The number of aromatic amines is 1. The number of benzene rings is 1. The molecule has 3 heterocycles. The number of nitrogens with zero attached hydrogens (tertiary/aromatic N) is 4. The van der Waals surface area contributed by atoms with Crippen LogP contribution < -0.4 is 15.6 Å². The van der Waals surface area contributed by atoms with Crippen LogP contribution in [0.1, 0.15) is 4.88 Å². The third kappa shape index (κ3) is 3.17. The molecule has 0 aliphatic heterocycles. The van der Waals surface area contributed by atoms with Gasteiger partial charge in [0, 0.05) is 22.5 Å². The fourth-order valence-electron chi connectivity index (χ4n) is 2.26. The highest BCUT2D eigenvalue weighted by atomic mass is 35.5. The number of H-pyrrole nitrogens is 1. The van der Waals surface area contributed by atoms with Gasteiger partial charge in [0.15, 0.2) is 11.1 Å². The second-order valence-corrected chi connectivity index (χ2v) is 6.56. The van der Waals surface area contributed by atoms with E-state index in [9.17, 15) is 9.90 Å². The van der Waals surface area contributed by atoms with Gasteiger partial charge >= 0.3 is 4.87 Å². The number of fused-ring (bicyclic) bond motifs is 1. The van der Waals surface area contributed by atoms with Crippen LogP contribution in [0.15, 0.2) is 52.5 Å². The maximum absolute atomic E-state index is 11.3. The molecule has 124 valence electrons. The van der Waals surface area contributed by atoms with E-state index in [4.69, 9.17) is 11.6 Å². The first kappa shape index (κ1) is 15.6. The zero-order valence-corrected chi connectivity index (χ0v) is 14.1. The summed E-state index contributed by atoms with van der Waals surface area (Å²) in [5.74, 6) is -0.170. The molecule has 0 saturated carbocycles. The lowest BCUT2D eigenvalue weighted by atomic mass is 10.3. The summed E-state index contributed by atoms with van der Waals surface area (Å²) in [4.78, 5) is 22.7. The van der Waals surface area contributed by atoms with Gasteiger partial charge in [-0.1, -0.05) is 22.9 Å². The molecule has 0 aliphatic carbocycles. The van der Waals surface area contributed by atoms with Gasteiger partial charge in [-0.25, -0.2) is 14.5 Å². The van der Waals surface area contributed by atoms with Crippen molar-refractivity contribution in [2.45, 2.75) is 0 Å². The Morgan fingerprint density at radius 2 is 2.08 bits per heavy atom. The summed E-state index contributed by atoms with van der Waals surface area (Å²) in [5.41, 5.74) is 1.81. The molecule has 1 aromatic carbocycles. The van der Waals surface area contributed by atoms with Gasteiger partial charge in [0.2, 0.25) is 5.88 Å². The third-order valence-corrected chi connectivity index (χ3v) is 4.47. The van der Waals surface area contributed by atoms with Gasteiger partial charge in [-0.2, -0.15) is 5.10 Å². The average Bonchev–Trinajstić information content (AvgIpc) is 3.13. The molecule has 0 aliphatic rings.